The lowest BCUT2D eigenvalue weighted by Crippen LogP contribution is -2.52. The summed E-state index contributed by atoms with van der Waals surface area (Å²) in [6, 6.07) is 21.9. The molecule has 1 aliphatic heterocycles. The van der Waals surface area contributed by atoms with Gasteiger partial charge in [0.1, 0.15) is 25.3 Å². The van der Waals surface area contributed by atoms with Gasteiger partial charge in [0.05, 0.1) is 12.5 Å². The number of carboxylic acid groups (broad SMARTS) is 1. The lowest BCUT2D eigenvalue weighted by Gasteiger charge is -2.26. The SMILES string of the molecule is O=C(C[C@H](NC(=O)OCC1c2ccccc2-c2ccccc21)C(=O)N1CC(O)CC1C(=O)O)OCc1ccccc1. The molecule has 1 heterocycles. The molecule has 0 aromatic heterocycles. The van der Waals surface area contributed by atoms with Crippen LogP contribution in [0.25, 0.3) is 11.1 Å². The van der Waals surface area contributed by atoms with Gasteiger partial charge < -0.3 is 29.9 Å². The van der Waals surface area contributed by atoms with Crippen LogP contribution in [0.2, 0.25) is 0 Å². The van der Waals surface area contributed by atoms with Gasteiger partial charge in [-0.15, -0.1) is 0 Å². The van der Waals surface area contributed by atoms with Crippen molar-refractivity contribution >= 4 is 23.9 Å². The van der Waals surface area contributed by atoms with E-state index in [4.69, 9.17) is 9.47 Å². The number of β-amino-alcohol motifs (C(OH)–C–C–N with tert-alkyl or cyclic N) is 1. The second-order valence-electron chi connectivity index (χ2n) is 10.1. The van der Waals surface area contributed by atoms with Crippen LogP contribution in [-0.4, -0.2) is 70.4 Å². The number of carbonyl (C=O) groups excluding carboxylic acids is 3. The second-order valence-corrected chi connectivity index (χ2v) is 10.1. The van der Waals surface area contributed by atoms with Crippen LogP contribution < -0.4 is 5.32 Å². The number of hydrogen-bond donors (Lipinski definition) is 3. The quantitative estimate of drug-likeness (QED) is 0.340. The maximum Gasteiger partial charge on any atom is 0.407 e. The van der Waals surface area contributed by atoms with E-state index in [1.54, 1.807) is 24.3 Å². The number of benzene rings is 3. The third kappa shape index (κ3) is 6.22. The van der Waals surface area contributed by atoms with Crippen LogP contribution in [0, 0.1) is 0 Å². The summed E-state index contributed by atoms with van der Waals surface area (Å²) in [5.74, 6) is -3.10. The average Bonchev–Trinajstić information content (AvgIpc) is 3.53. The number of rotatable bonds is 9. The fourth-order valence-corrected chi connectivity index (χ4v) is 5.44. The third-order valence-corrected chi connectivity index (χ3v) is 7.39. The van der Waals surface area contributed by atoms with Crippen molar-refractivity contribution < 1.29 is 38.9 Å². The molecule has 212 valence electrons. The lowest BCUT2D eigenvalue weighted by molar-refractivity contribution is -0.151. The number of esters is 1. The molecular formula is C31H30N2O8. The predicted molar refractivity (Wildman–Crippen MR) is 147 cm³/mol. The number of ether oxygens (including phenoxy) is 2. The number of aliphatic hydroxyl groups excluding tert-OH is 1. The maximum absolute atomic E-state index is 13.4. The first-order chi connectivity index (χ1) is 19.8. The Bertz CT molecular complexity index is 1400. The highest BCUT2D eigenvalue weighted by molar-refractivity contribution is 5.92. The van der Waals surface area contributed by atoms with Gasteiger partial charge in [0.2, 0.25) is 5.91 Å². The number of carboxylic acids is 1. The zero-order valence-electron chi connectivity index (χ0n) is 22.1. The molecule has 2 aliphatic rings. The van der Waals surface area contributed by atoms with Crippen LogP contribution >= 0.6 is 0 Å². The van der Waals surface area contributed by atoms with Crippen molar-refractivity contribution in [1.82, 2.24) is 10.2 Å². The molecule has 2 amide bonds. The van der Waals surface area contributed by atoms with Crippen LogP contribution in [0.15, 0.2) is 78.9 Å². The van der Waals surface area contributed by atoms with Gasteiger partial charge in [-0.3, -0.25) is 9.59 Å². The van der Waals surface area contributed by atoms with Crippen LogP contribution in [0.1, 0.15) is 35.4 Å². The molecular weight excluding hydrogens is 528 g/mol. The molecule has 1 aliphatic carbocycles. The van der Waals surface area contributed by atoms with Crippen molar-refractivity contribution in [3.05, 3.63) is 95.6 Å². The molecule has 3 atom stereocenters. The first-order valence-corrected chi connectivity index (χ1v) is 13.3. The van der Waals surface area contributed by atoms with Crippen LogP contribution in [0.5, 0.6) is 0 Å². The number of nitrogens with zero attached hydrogens (tertiary/aromatic N) is 1. The van der Waals surface area contributed by atoms with Crippen LogP contribution in [0.3, 0.4) is 0 Å². The number of amides is 2. The number of hydrogen-bond acceptors (Lipinski definition) is 7. The van der Waals surface area contributed by atoms with E-state index in [2.05, 4.69) is 5.32 Å². The smallest absolute Gasteiger partial charge is 0.407 e. The van der Waals surface area contributed by atoms with E-state index in [0.29, 0.717) is 0 Å². The Balaban J connectivity index is 1.28. The normalized spacial score (nSPS) is 18.2. The van der Waals surface area contributed by atoms with Crippen LogP contribution in [-0.2, 0) is 30.5 Å². The van der Waals surface area contributed by atoms with Gasteiger partial charge in [0, 0.05) is 18.9 Å². The minimum atomic E-state index is -1.46. The van der Waals surface area contributed by atoms with Crippen molar-refractivity contribution in [2.24, 2.45) is 0 Å². The molecule has 0 bridgehead atoms. The van der Waals surface area contributed by atoms with E-state index in [1.807, 2.05) is 54.6 Å². The molecule has 3 aromatic carbocycles. The summed E-state index contributed by atoms with van der Waals surface area (Å²) in [5, 5.41) is 22.0. The summed E-state index contributed by atoms with van der Waals surface area (Å²) in [4.78, 5) is 51.8. The highest BCUT2D eigenvalue weighted by Gasteiger charge is 2.42. The third-order valence-electron chi connectivity index (χ3n) is 7.39. The summed E-state index contributed by atoms with van der Waals surface area (Å²) in [5.41, 5.74) is 4.86. The molecule has 41 heavy (non-hydrogen) atoms. The Labute approximate surface area is 236 Å². The summed E-state index contributed by atoms with van der Waals surface area (Å²) in [6.07, 6.45) is -2.68. The Hall–Kier alpha value is -4.70. The van der Waals surface area contributed by atoms with E-state index in [9.17, 15) is 29.4 Å². The molecule has 1 saturated heterocycles. The molecule has 3 N–H and O–H groups in total. The Morgan fingerprint density at radius 1 is 0.878 bits per heavy atom. The molecule has 1 fully saturated rings. The van der Waals surface area contributed by atoms with Crippen molar-refractivity contribution in [3.63, 3.8) is 0 Å². The first-order valence-electron chi connectivity index (χ1n) is 13.3. The molecule has 2 unspecified atom stereocenters. The molecule has 0 spiro atoms. The monoisotopic (exact) mass is 558 g/mol. The first kappa shape index (κ1) is 27.9. The largest absolute Gasteiger partial charge is 0.480 e. The summed E-state index contributed by atoms with van der Waals surface area (Å²) >= 11 is 0. The highest BCUT2D eigenvalue weighted by atomic mass is 16.5. The Morgan fingerprint density at radius 2 is 1.49 bits per heavy atom. The Morgan fingerprint density at radius 3 is 2.12 bits per heavy atom. The minimum Gasteiger partial charge on any atom is -0.480 e. The van der Waals surface area contributed by atoms with Crippen molar-refractivity contribution in [2.75, 3.05) is 13.2 Å². The maximum atomic E-state index is 13.4. The molecule has 0 saturated carbocycles. The molecule has 0 radical (unpaired) electrons. The summed E-state index contributed by atoms with van der Waals surface area (Å²) in [7, 11) is 0. The number of aliphatic carboxylic acids is 1. The van der Waals surface area contributed by atoms with Gasteiger partial charge in [-0.05, 0) is 27.8 Å². The zero-order valence-corrected chi connectivity index (χ0v) is 22.1. The van der Waals surface area contributed by atoms with E-state index in [-0.39, 0.29) is 32.1 Å². The lowest BCUT2D eigenvalue weighted by atomic mass is 9.98. The average molecular weight is 559 g/mol. The predicted octanol–water partition coefficient (Wildman–Crippen LogP) is 3.07. The summed E-state index contributed by atoms with van der Waals surface area (Å²) < 4.78 is 10.9. The van der Waals surface area contributed by atoms with Gasteiger partial charge in [-0.2, -0.15) is 0 Å². The van der Waals surface area contributed by atoms with Crippen molar-refractivity contribution in [1.29, 1.82) is 0 Å². The van der Waals surface area contributed by atoms with Gasteiger partial charge in [-0.25, -0.2) is 9.59 Å². The van der Waals surface area contributed by atoms with E-state index in [0.717, 1.165) is 32.7 Å². The topological polar surface area (TPSA) is 142 Å². The van der Waals surface area contributed by atoms with Crippen LogP contribution in [0.4, 0.5) is 4.79 Å². The number of alkyl carbamates (subject to hydrolysis) is 1. The number of carbonyl (C=O) groups is 4. The Kier molecular flexibility index (Phi) is 8.30. The van der Waals surface area contributed by atoms with E-state index >= 15 is 0 Å². The zero-order chi connectivity index (χ0) is 28.9. The van der Waals surface area contributed by atoms with Gasteiger partial charge >= 0.3 is 18.0 Å². The fraction of sp³-hybridized carbons (Fsp3) is 0.290. The number of aliphatic hydroxyl groups is 1. The van der Waals surface area contributed by atoms with E-state index in [1.165, 1.54) is 0 Å². The number of likely N-dealkylation sites (tertiary alicyclic amines) is 1. The summed E-state index contributed by atoms with van der Waals surface area (Å²) in [6.45, 7) is -0.289. The van der Waals surface area contributed by atoms with Gasteiger partial charge in [0.25, 0.3) is 0 Å². The highest BCUT2D eigenvalue weighted by Crippen LogP contribution is 2.44. The standard InChI is InChI=1S/C31H30N2O8/c34-20-14-27(30(37)38)33(16-20)29(36)26(15-28(35)40-17-19-8-2-1-3-9-19)32-31(39)41-18-25-23-12-6-4-10-21(23)22-11-5-7-13-24(22)25/h1-13,20,25-27,34H,14-18H2,(H,32,39)(H,37,38)/t20?,26-,27?/m0/s1. The van der Waals surface area contributed by atoms with E-state index < -0.39 is 48.5 Å². The minimum absolute atomic E-state index is 0.0145. The molecule has 3 aromatic rings. The number of nitrogens with one attached hydrogen (secondary N) is 1. The molecule has 10 nitrogen and oxygen atoms in total. The molecule has 5 rings (SSSR count). The fourth-order valence-electron chi connectivity index (χ4n) is 5.44. The second kappa shape index (κ2) is 12.2. The molecule has 10 heteroatoms. The van der Waals surface area contributed by atoms with Crippen molar-refractivity contribution in [2.45, 2.75) is 43.6 Å². The van der Waals surface area contributed by atoms with Gasteiger partial charge in [0.15, 0.2) is 0 Å². The van der Waals surface area contributed by atoms with Crippen molar-refractivity contribution in [3.8, 4) is 11.1 Å². The number of fused-ring (bicyclic) bond motifs is 3. The van der Waals surface area contributed by atoms with Gasteiger partial charge in [-0.1, -0.05) is 78.9 Å².